The van der Waals surface area contributed by atoms with Gasteiger partial charge in [-0.2, -0.15) is 0 Å². The van der Waals surface area contributed by atoms with E-state index in [0.29, 0.717) is 11.5 Å². The Kier molecular flexibility index (Phi) is 3.95. The lowest BCUT2D eigenvalue weighted by molar-refractivity contribution is 0.171. The van der Waals surface area contributed by atoms with Crippen LogP contribution in [0.4, 0.5) is 0 Å². The molecule has 1 aromatic heterocycles. The molecule has 2 N–H and O–H groups in total. The highest BCUT2D eigenvalue weighted by molar-refractivity contribution is 5.63. The van der Waals surface area contributed by atoms with Crippen LogP contribution in [0.15, 0.2) is 10.9 Å². The van der Waals surface area contributed by atoms with E-state index < -0.39 is 0 Å². The van der Waals surface area contributed by atoms with Crippen LogP contribution in [0.5, 0.6) is 17.2 Å². The van der Waals surface area contributed by atoms with Crippen LogP contribution in [0, 0.1) is 0 Å². The van der Waals surface area contributed by atoms with Crippen molar-refractivity contribution in [2.24, 2.45) is 0 Å². The highest BCUT2D eigenvalue weighted by Crippen LogP contribution is 2.50. The number of nitrogens with one attached hydrogen (secondary N) is 2. The molecule has 0 radical (unpaired) electrons. The number of benzene rings is 1. The van der Waals surface area contributed by atoms with Crippen LogP contribution >= 0.6 is 0 Å². The summed E-state index contributed by atoms with van der Waals surface area (Å²) in [6.07, 6.45) is 2.66. The molecule has 2 aliphatic rings. The summed E-state index contributed by atoms with van der Waals surface area (Å²) in [5.41, 5.74) is 3.79. The van der Waals surface area contributed by atoms with Crippen LogP contribution in [-0.2, 0) is 12.8 Å². The molecule has 0 bridgehead atoms. The second kappa shape index (κ2) is 6.15. The number of likely N-dealkylation sites (N-methyl/N-ethyl adjacent to an activating group) is 1. The minimum Gasteiger partial charge on any atom is -0.492 e. The number of hydrogen-bond donors (Lipinski definition) is 2. The maximum Gasteiger partial charge on any atom is 0.269 e. The Hall–Kier alpha value is -2.41. The van der Waals surface area contributed by atoms with E-state index in [4.69, 9.17) is 14.2 Å². The van der Waals surface area contributed by atoms with Gasteiger partial charge in [-0.3, -0.25) is 14.8 Å². The predicted molar refractivity (Wildman–Crippen MR) is 92.7 cm³/mol. The number of aryl methyl sites for hydroxylation is 1. The first-order chi connectivity index (χ1) is 12.2. The number of ether oxygens (including phenoxy) is 3. The number of aromatic nitrogens is 2. The third-order valence-electron chi connectivity index (χ3n) is 5.07. The van der Waals surface area contributed by atoms with Crippen molar-refractivity contribution >= 4 is 0 Å². The van der Waals surface area contributed by atoms with Crippen LogP contribution in [-0.4, -0.2) is 42.6 Å². The molecule has 0 saturated heterocycles. The van der Waals surface area contributed by atoms with Crippen LogP contribution in [0.3, 0.4) is 0 Å². The Morgan fingerprint density at radius 2 is 2.16 bits per heavy atom. The molecule has 0 unspecified atom stereocenters. The van der Waals surface area contributed by atoms with E-state index in [9.17, 15) is 4.79 Å². The van der Waals surface area contributed by atoms with Gasteiger partial charge in [-0.1, -0.05) is 13.3 Å². The van der Waals surface area contributed by atoms with Crippen molar-refractivity contribution in [3.8, 4) is 17.2 Å². The lowest BCUT2D eigenvalue weighted by Crippen LogP contribution is -2.36. The summed E-state index contributed by atoms with van der Waals surface area (Å²) in [4.78, 5) is 14.8. The quantitative estimate of drug-likeness (QED) is 0.886. The molecule has 0 aliphatic carbocycles. The van der Waals surface area contributed by atoms with Crippen molar-refractivity contribution in [3.05, 3.63) is 38.8 Å². The fourth-order valence-corrected chi connectivity index (χ4v) is 3.94. The highest BCUT2D eigenvalue weighted by atomic mass is 16.7. The van der Waals surface area contributed by atoms with Gasteiger partial charge in [0.1, 0.15) is 0 Å². The fourth-order valence-electron chi connectivity index (χ4n) is 3.94. The second-order valence-electron chi connectivity index (χ2n) is 6.57. The summed E-state index contributed by atoms with van der Waals surface area (Å²) in [5, 5.41) is 5.81. The first kappa shape index (κ1) is 16.1. The molecule has 0 fully saturated rings. The van der Waals surface area contributed by atoms with Crippen molar-refractivity contribution in [1.29, 1.82) is 0 Å². The smallest absolute Gasteiger partial charge is 0.269 e. The molecule has 134 valence electrons. The lowest BCUT2D eigenvalue weighted by atomic mass is 9.86. The predicted octanol–water partition coefficient (Wildman–Crippen LogP) is 1.97. The molecular weight excluding hydrogens is 322 g/mol. The monoisotopic (exact) mass is 345 g/mol. The molecule has 25 heavy (non-hydrogen) atoms. The van der Waals surface area contributed by atoms with Crippen molar-refractivity contribution in [1.82, 2.24) is 15.1 Å². The first-order valence-corrected chi connectivity index (χ1v) is 8.64. The molecule has 0 saturated carbocycles. The topological polar surface area (TPSA) is 79.6 Å². The van der Waals surface area contributed by atoms with E-state index in [1.165, 1.54) is 0 Å². The summed E-state index contributed by atoms with van der Waals surface area (Å²) in [6, 6.07) is 1.85. The molecule has 1 aromatic carbocycles. The molecule has 7 nitrogen and oxygen atoms in total. The Bertz CT molecular complexity index is 855. The normalized spacial score (nSPS) is 19.1. The number of methoxy groups -OCH3 is 1. The molecule has 4 rings (SSSR count). The van der Waals surface area contributed by atoms with Gasteiger partial charge in [0, 0.05) is 17.8 Å². The Balaban J connectivity index is 1.95. The summed E-state index contributed by atoms with van der Waals surface area (Å²) < 4.78 is 16.9. The number of aromatic amines is 2. The number of fused-ring (bicyclic) bond motifs is 2. The van der Waals surface area contributed by atoms with E-state index in [1.54, 1.807) is 7.11 Å². The van der Waals surface area contributed by atoms with E-state index in [1.807, 2.05) is 13.1 Å². The Morgan fingerprint density at radius 1 is 1.32 bits per heavy atom. The average Bonchev–Trinajstić information content (AvgIpc) is 3.21. The largest absolute Gasteiger partial charge is 0.492 e. The van der Waals surface area contributed by atoms with E-state index in [-0.39, 0.29) is 18.4 Å². The van der Waals surface area contributed by atoms with E-state index >= 15 is 0 Å². The van der Waals surface area contributed by atoms with Crippen LogP contribution in [0.1, 0.15) is 41.8 Å². The lowest BCUT2D eigenvalue weighted by Gasteiger charge is -2.35. The van der Waals surface area contributed by atoms with Gasteiger partial charge >= 0.3 is 0 Å². The van der Waals surface area contributed by atoms with Gasteiger partial charge in [0.25, 0.3) is 5.56 Å². The zero-order valence-electron chi connectivity index (χ0n) is 14.8. The molecule has 7 heteroatoms. The highest BCUT2D eigenvalue weighted by Gasteiger charge is 2.37. The summed E-state index contributed by atoms with van der Waals surface area (Å²) in [5.74, 6) is 2.02. The van der Waals surface area contributed by atoms with Gasteiger partial charge in [0.15, 0.2) is 11.5 Å². The van der Waals surface area contributed by atoms with Gasteiger partial charge in [-0.15, -0.1) is 0 Å². The average molecular weight is 345 g/mol. The zero-order valence-corrected chi connectivity index (χ0v) is 14.8. The van der Waals surface area contributed by atoms with Gasteiger partial charge in [-0.25, -0.2) is 0 Å². The number of hydrogen-bond acceptors (Lipinski definition) is 5. The van der Waals surface area contributed by atoms with Gasteiger partial charge < -0.3 is 19.3 Å². The van der Waals surface area contributed by atoms with Gasteiger partial charge in [0.05, 0.1) is 18.7 Å². The molecule has 3 heterocycles. The summed E-state index contributed by atoms with van der Waals surface area (Å²) in [7, 11) is 3.68. The maximum atomic E-state index is 12.6. The molecule has 2 aromatic rings. The molecule has 2 aliphatic heterocycles. The molecular formula is C18H23N3O4. The van der Waals surface area contributed by atoms with Gasteiger partial charge in [0.2, 0.25) is 12.5 Å². The summed E-state index contributed by atoms with van der Waals surface area (Å²) in [6.45, 7) is 3.16. The Morgan fingerprint density at radius 3 is 2.92 bits per heavy atom. The van der Waals surface area contributed by atoms with Crippen molar-refractivity contribution < 1.29 is 14.2 Å². The van der Waals surface area contributed by atoms with E-state index in [2.05, 4.69) is 22.0 Å². The standard InChI is InChI=1S/C18H23N3O4/c1-4-5-11-14(18(22)20-19-11)15-13-10(6-7-21(15)2)8-12-16(17(13)23-3)25-9-24-12/h8,15H,4-7,9H2,1-3H3,(H2,19,20,22)/t15-/m1/s1. The van der Waals surface area contributed by atoms with Crippen molar-refractivity contribution in [3.63, 3.8) is 0 Å². The maximum absolute atomic E-state index is 12.6. The SMILES string of the molecule is CCCc1[nH][nH]c(=O)c1[C@H]1c2c(cc3c(c2OC)OCO3)CCN1C. The number of nitrogens with zero attached hydrogens (tertiary/aromatic N) is 1. The molecule has 0 spiro atoms. The summed E-state index contributed by atoms with van der Waals surface area (Å²) >= 11 is 0. The minimum absolute atomic E-state index is 0.0760. The number of H-pyrrole nitrogens is 2. The van der Waals surface area contributed by atoms with Gasteiger partial charge in [-0.05, 0) is 31.5 Å². The van der Waals surface area contributed by atoms with Crippen LogP contribution in [0.2, 0.25) is 0 Å². The molecule has 0 amide bonds. The number of rotatable bonds is 4. The zero-order chi connectivity index (χ0) is 17.6. The van der Waals surface area contributed by atoms with Crippen LogP contribution in [0.25, 0.3) is 0 Å². The fraction of sp³-hybridized carbons (Fsp3) is 0.500. The van der Waals surface area contributed by atoms with Crippen molar-refractivity contribution in [2.75, 3.05) is 27.5 Å². The minimum atomic E-state index is -0.176. The second-order valence-corrected chi connectivity index (χ2v) is 6.57. The van der Waals surface area contributed by atoms with Crippen molar-refractivity contribution in [2.45, 2.75) is 32.2 Å². The van der Waals surface area contributed by atoms with Crippen LogP contribution < -0.4 is 19.8 Å². The Labute approximate surface area is 145 Å². The third kappa shape index (κ3) is 2.41. The van der Waals surface area contributed by atoms with E-state index in [0.717, 1.165) is 53.9 Å². The molecule has 1 atom stereocenters. The third-order valence-corrected chi connectivity index (χ3v) is 5.07. The first-order valence-electron chi connectivity index (χ1n) is 8.64.